The number of nitrogens with zero attached hydrogens (tertiary/aromatic N) is 1. The topological polar surface area (TPSA) is 78.0 Å². The van der Waals surface area contributed by atoms with Crippen molar-refractivity contribution in [1.29, 1.82) is 0 Å². The molecular weight excluding hydrogens is 405 g/mol. The molecule has 0 aliphatic carbocycles. The molecule has 0 aliphatic rings. The van der Waals surface area contributed by atoms with Gasteiger partial charge < -0.3 is 10.4 Å². The number of halogens is 1. The largest absolute Gasteiger partial charge is 0.394 e. The van der Waals surface area contributed by atoms with E-state index in [-0.39, 0.29) is 17.7 Å². The van der Waals surface area contributed by atoms with Crippen molar-refractivity contribution in [2.75, 3.05) is 6.61 Å². The number of carbonyl (C=O) groups excluding carboxylic acids is 1. The number of nitrogens with one attached hydrogen (secondary N) is 2. The smallest absolute Gasteiger partial charge is 0.251 e. The molecule has 1 amide bonds. The van der Waals surface area contributed by atoms with Crippen LogP contribution in [0.5, 0.6) is 0 Å². The van der Waals surface area contributed by atoms with Crippen LogP contribution in [0, 0.1) is 5.82 Å². The molecule has 0 fully saturated rings. The number of aliphatic hydroxyl groups is 1. The molecule has 5 nitrogen and oxygen atoms in total. The van der Waals surface area contributed by atoms with Gasteiger partial charge in [0.25, 0.3) is 5.91 Å². The van der Waals surface area contributed by atoms with E-state index < -0.39 is 17.8 Å². The van der Waals surface area contributed by atoms with Crippen molar-refractivity contribution >= 4 is 27.6 Å². The molecule has 5 aromatic rings. The van der Waals surface area contributed by atoms with Crippen molar-refractivity contribution in [2.24, 2.45) is 0 Å². The second kappa shape index (κ2) is 8.24. The van der Waals surface area contributed by atoms with E-state index in [0.717, 1.165) is 21.9 Å². The first-order valence-electron chi connectivity index (χ1n) is 10.3. The Bertz CT molecular complexity index is 1430. The maximum absolute atomic E-state index is 14.8. The summed E-state index contributed by atoms with van der Waals surface area (Å²) >= 11 is 0. The zero-order valence-electron chi connectivity index (χ0n) is 17.0. The van der Waals surface area contributed by atoms with Crippen LogP contribution in [0.4, 0.5) is 4.39 Å². The fraction of sp³-hybridized carbons (Fsp3) is 0.0769. The lowest BCUT2D eigenvalue weighted by molar-refractivity contribution is 0.0916. The molecule has 1 atom stereocenters. The van der Waals surface area contributed by atoms with E-state index in [0.29, 0.717) is 11.1 Å². The van der Waals surface area contributed by atoms with Gasteiger partial charge in [0.15, 0.2) is 5.82 Å². The Morgan fingerprint density at radius 2 is 1.72 bits per heavy atom. The molecule has 0 radical (unpaired) electrons. The van der Waals surface area contributed by atoms with Gasteiger partial charge in [-0.2, -0.15) is 5.10 Å². The normalized spacial score (nSPS) is 12.2. The Kier molecular flexibility index (Phi) is 5.13. The third-order valence-electron chi connectivity index (χ3n) is 5.60. The Hall–Kier alpha value is -4.03. The van der Waals surface area contributed by atoms with E-state index in [2.05, 4.69) is 15.5 Å². The number of aromatic amines is 1. The van der Waals surface area contributed by atoms with Crippen LogP contribution in [0.15, 0.2) is 84.9 Å². The second-order valence-electron chi connectivity index (χ2n) is 7.63. The second-order valence-corrected chi connectivity index (χ2v) is 7.63. The van der Waals surface area contributed by atoms with E-state index in [1.807, 2.05) is 72.8 Å². The van der Waals surface area contributed by atoms with Gasteiger partial charge in [-0.25, -0.2) is 4.39 Å². The maximum Gasteiger partial charge on any atom is 0.251 e. The SMILES string of the molecule is O=C(N[C@H](CO)c1ccccc1)c1cc(F)c2n[nH]c(-c3ccc4ccccc4c3)c2c1. The van der Waals surface area contributed by atoms with Crippen LogP contribution in [0.25, 0.3) is 32.9 Å². The lowest BCUT2D eigenvalue weighted by atomic mass is 10.0. The number of aromatic nitrogens is 2. The quantitative estimate of drug-likeness (QED) is 0.371. The standard InChI is InChI=1S/C26H20FN3O2/c27-22-14-20(26(32)28-23(15-31)17-7-2-1-3-8-17)13-21-24(29-30-25(21)22)19-11-10-16-6-4-5-9-18(16)12-19/h1-14,23,31H,15H2,(H,28,32)(H,29,30)/t23-/m1/s1. The van der Waals surface area contributed by atoms with Gasteiger partial charge in [0.1, 0.15) is 5.52 Å². The molecule has 0 bridgehead atoms. The fourth-order valence-electron chi connectivity index (χ4n) is 3.93. The van der Waals surface area contributed by atoms with Crippen molar-refractivity contribution in [2.45, 2.75) is 6.04 Å². The van der Waals surface area contributed by atoms with Gasteiger partial charge in [-0.3, -0.25) is 9.89 Å². The molecule has 158 valence electrons. The Morgan fingerprint density at radius 3 is 2.50 bits per heavy atom. The molecule has 3 N–H and O–H groups in total. The van der Waals surface area contributed by atoms with Gasteiger partial charge in [0, 0.05) is 16.5 Å². The molecule has 4 aromatic carbocycles. The van der Waals surface area contributed by atoms with E-state index in [1.54, 1.807) is 6.07 Å². The molecule has 0 aliphatic heterocycles. The number of hydrogen-bond donors (Lipinski definition) is 3. The van der Waals surface area contributed by atoms with Gasteiger partial charge >= 0.3 is 0 Å². The van der Waals surface area contributed by atoms with Gasteiger partial charge in [-0.05, 0) is 34.5 Å². The summed E-state index contributed by atoms with van der Waals surface area (Å²) in [5, 5.41) is 22.2. The van der Waals surface area contributed by atoms with Crippen LogP contribution >= 0.6 is 0 Å². The molecule has 0 spiro atoms. The zero-order valence-corrected chi connectivity index (χ0v) is 17.0. The van der Waals surface area contributed by atoms with Gasteiger partial charge in [-0.15, -0.1) is 0 Å². The van der Waals surface area contributed by atoms with Crippen LogP contribution in [-0.4, -0.2) is 27.8 Å². The number of carbonyl (C=O) groups is 1. The number of amides is 1. The van der Waals surface area contributed by atoms with Gasteiger partial charge in [0.2, 0.25) is 0 Å². The molecule has 0 saturated heterocycles. The molecule has 6 heteroatoms. The first-order valence-corrected chi connectivity index (χ1v) is 10.3. The van der Waals surface area contributed by atoms with Crippen LogP contribution in [0.1, 0.15) is 22.0 Å². The summed E-state index contributed by atoms with van der Waals surface area (Å²) < 4.78 is 14.8. The number of benzene rings is 4. The maximum atomic E-state index is 14.8. The minimum Gasteiger partial charge on any atom is -0.394 e. The highest BCUT2D eigenvalue weighted by atomic mass is 19.1. The summed E-state index contributed by atoms with van der Waals surface area (Å²) in [6.45, 7) is -0.269. The van der Waals surface area contributed by atoms with Crippen LogP contribution in [-0.2, 0) is 0 Å². The van der Waals surface area contributed by atoms with Crippen molar-refractivity contribution in [3.8, 4) is 11.3 Å². The highest BCUT2D eigenvalue weighted by Gasteiger charge is 2.19. The summed E-state index contributed by atoms with van der Waals surface area (Å²) in [5.41, 5.74) is 2.59. The third kappa shape index (κ3) is 3.61. The minimum absolute atomic E-state index is 0.160. The van der Waals surface area contributed by atoms with Crippen molar-refractivity contribution in [3.05, 3.63) is 102 Å². The summed E-state index contributed by atoms with van der Waals surface area (Å²) in [6.07, 6.45) is 0. The highest BCUT2D eigenvalue weighted by Crippen LogP contribution is 2.31. The fourth-order valence-corrected chi connectivity index (χ4v) is 3.93. The van der Waals surface area contributed by atoms with Crippen molar-refractivity contribution < 1.29 is 14.3 Å². The van der Waals surface area contributed by atoms with E-state index in [1.165, 1.54) is 6.07 Å². The Balaban J connectivity index is 1.53. The predicted molar refractivity (Wildman–Crippen MR) is 123 cm³/mol. The number of fused-ring (bicyclic) bond motifs is 2. The number of rotatable bonds is 5. The Morgan fingerprint density at radius 1 is 0.969 bits per heavy atom. The molecule has 1 heterocycles. The molecule has 1 aromatic heterocycles. The molecule has 0 unspecified atom stereocenters. The average molecular weight is 425 g/mol. The monoisotopic (exact) mass is 425 g/mol. The summed E-state index contributed by atoms with van der Waals surface area (Å²) in [7, 11) is 0. The molecule has 0 saturated carbocycles. The van der Waals surface area contributed by atoms with Crippen molar-refractivity contribution in [1.82, 2.24) is 15.5 Å². The summed E-state index contributed by atoms with van der Waals surface area (Å²) in [5.74, 6) is -1.06. The number of hydrogen-bond acceptors (Lipinski definition) is 3. The zero-order chi connectivity index (χ0) is 22.1. The highest BCUT2D eigenvalue weighted by molar-refractivity contribution is 6.02. The Labute approximate surface area is 183 Å². The van der Waals surface area contributed by atoms with Crippen LogP contribution in [0.2, 0.25) is 0 Å². The van der Waals surface area contributed by atoms with E-state index in [9.17, 15) is 14.3 Å². The lowest BCUT2D eigenvalue weighted by Crippen LogP contribution is -2.30. The first-order chi connectivity index (χ1) is 15.6. The lowest BCUT2D eigenvalue weighted by Gasteiger charge is -2.17. The van der Waals surface area contributed by atoms with Crippen LogP contribution in [0.3, 0.4) is 0 Å². The molecule has 32 heavy (non-hydrogen) atoms. The van der Waals surface area contributed by atoms with Crippen LogP contribution < -0.4 is 5.32 Å². The van der Waals surface area contributed by atoms with E-state index in [4.69, 9.17) is 0 Å². The molecule has 5 rings (SSSR count). The van der Waals surface area contributed by atoms with E-state index >= 15 is 0 Å². The predicted octanol–water partition coefficient (Wildman–Crippen LogP) is 4.99. The van der Waals surface area contributed by atoms with Crippen molar-refractivity contribution in [3.63, 3.8) is 0 Å². The number of aliphatic hydroxyl groups excluding tert-OH is 1. The number of H-pyrrole nitrogens is 1. The first kappa shape index (κ1) is 19.9. The third-order valence-corrected chi connectivity index (χ3v) is 5.60. The van der Waals surface area contributed by atoms with Gasteiger partial charge in [-0.1, -0.05) is 66.7 Å². The summed E-state index contributed by atoms with van der Waals surface area (Å²) in [4.78, 5) is 12.9. The minimum atomic E-state index is -0.591. The average Bonchev–Trinajstić information content (AvgIpc) is 3.27. The summed E-state index contributed by atoms with van der Waals surface area (Å²) in [6, 6.07) is 25.3. The molecular formula is C26H20FN3O2. The van der Waals surface area contributed by atoms with Gasteiger partial charge in [0.05, 0.1) is 18.3 Å².